The smallest absolute Gasteiger partial charge is 0.173 e. The molecular weight excluding hydrogens is 268 g/mol. The molecule has 6 heteroatoms. The van der Waals surface area contributed by atoms with Crippen LogP contribution in [-0.4, -0.2) is 26.4 Å². The fourth-order valence-electron chi connectivity index (χ4n) is 2.66. The predicted molar refractivity (Wildman–Crippen MR) is 76.4 cm³/mol. The van der Waals surface area contributed by atoms with Gasteiger partial charge in [-0.25, -0.2) is 9.67 Å². The van der Waals surface area contributed by atoms with Crippen LogP contribution < -0.4 is 0 Å². The number of rotatable bonds is 3. The molecule has 0 aliphatic carbocycles. The van der Waals surface area contributed by atoms with Crippen molar-refractivity contribution in [1.82, 2.24) is 19.7 Å². The van der Waals surface area contributed by atoms with E-state index >= 15 is 0 Å². The molecule has 4 heterocycles. The summed E-state index contributed by atoms with van der Waals surface area (Å²) in [6.07, 6.45) is 8.54. The van der Waals surface area contributed by atoms with Gasteiger partial charge in [0.2, 0.25) is 0 Å². The van der Waals surface area contributed by atoms with Gasteiger partial charge in [-0.1, -0.05) is 0 Å². The monoisotopic (exact) mass is 284 g/mol. The molecule has 0 saturated carbocycles. The number of ether oxygens (including phenoxy) is 1. The SMILES string of the molecule is c1c[nH]c(-c2ccc(-c3ccnn3C3CCCCO3)o2)n1. The Morgan fingerprint density at radius 3 is 2.90 bits per heavy atom. The van der Waals surface area contributed by atoms with Crippen LogP contribution in [-0.2, 0) is 4.74 Å². The second-order valence-electron chi connectivity index (χ2n) is 5.08. The zero-order valence-electron chi connectivity index (χ0n) is 11.5. The topological polar surface area (TPSA) is 68.9 Å². The minimum absolute atomic E-state index is 0.000845. The summed E-state index contributed by atoms with van der Waals surface area (Å²) in [7, 11) is 0. The predicted octanol–water partition coefficient (Wildman–Crippen LogP) is 3.23. The number of aromatic nitrogens is 4. The van der Waals surface area contributed by atoms with Crippen LogP contribution in [0.15, 0.2) is 41.2 Å². The van der Waals surface area contributed by atoms with Crippen LogP contribution in [0.1, 0.15) is 25.5 Å². The maximum absolute atomic E-state index is 5.89. The Kier molecular flexibility index (Phi) is 3.08. The van der Waals surface area contributed by atoms with Gasteiger partial charge in [0.1, 0.15) is 5.69 Å². The number of nitrogens with zero attached hydrogens (tertiary/aromatic N) is 3. The Morgan fingerprint density at radius 2 is 2.10 bits per heavy atom. The van der Waals surface area contributed by atoms with Crippen molar-refractivity contribution in [1.29, 1.82) is 0 Å². The van der Waals surface area contributed by atoms with Crippen LogP contribution in [0.3, 0.4) is 0 Å². The van der Waals surface area contributed by atoms with E-state index in [1.165, 1.54) is 6.42 Å². The molecule has 21 heavy (non-hydrogen) atoms. The molecule has 0 spiro atoms. The lowest BCUT2D eigenvalue weighted by molar-refractivity contribution is -0.0385. The minimum Gasteiger partial charge on any atom is -0.451 e. The van der Waals surface area contributed by atoms with Gasteiger partial charge in [0.15, 0.2) is 23.6 Å². The molecule has 108 valence electrons. The quantitative estimate of drug-likeness (QED) is 0.801. The molecule has 1 saturated heterocycles. The number of nitrogens with one attached hydrogen (secondary N) is 1. The third-order valence-electron chi connectivity index (χ3n) is 3.69. The Hall–Kier alpha value is -2.34. The highest BCUT2D eigenvalue weighted by atomic mass is 16.5. The van der Waals surface area contributed by atoms with Gasteiger partial charge < -0.3 is 14.1 Å². The summed E-state index contributed by atoms with van der Waals surface area (Å²) in [6, 6.07) is 5.80. The molecular formula is C15H16N4O2. The fourth-order valence-corrected chi connectivity index (χ4v) is 2.66. The van der Waals surface area contributed by atoms with E-state index in [0.717, 1.165) is 36.7 Å². The first-order chi connectivity index (χ1) is 10.4. The Morgan fingerprint density at radius 1 is 1.14 bits per heavy atom. The van der Waals surface area contributed by atoms with Gasteiger partial charge >= 0.3 is 0 Å². The van der Waals surface area contributed by atoms with Crippen molar-refractivity contribution < 1.29 is 9.15 Å². The molecule has 1 N–H and O–H groups in total. The molecule has 1 fully saturated rings. The minimum atomic E-state index is 0.000845. The van der Waals surface area contributed by atoms with E-state index in [4.69, 9.17) is 9.15 Å². The summed E-state index contributed by atoms with van der Waals surface area (Å²) in [5.41, 5.74) is 0.930. The van der Waals surface area contributed by atoms with Crippen LogP contribution in [0.2, 0.25) is 0 Å². The number of hydrogen-bond donors (Lipinski definition) is 1. The van der Waals surface area contributed by atoms with E-state index in [1.54, 1.807) is 18.6 Å². The first-order valence-electron chi connectivity index (χ1n) is 7.17. The lowest BCUT2D eigenvalue weighted by Gasteiger charge is -2.24. The zero-order chi connectivity index (χ0) is 14.1. The van der Waals surface area contributed by atoms with Gasteiger partial charge in [0.05, 0.1) is 0 Å². The second-order valence-corrected chi connectivity index (χ2v) is 5.08. The van der Waals surface area contributed by atoms with E-state index in [2.05, 4.69) is 15.1 Å². The molecule has 0 radical (unpaired) electrons. The van der Waals surface area contributed by atoms with Crippen LogP contribution in [0.25, 0.3) is 23.0 Å². The molecule has 1 aliphatic rings. The van der Waals surface area contributed by atoms with Crippen LogP contribution in [0.5, 0.6) is 0 Å². The summed E-state index contributed by atoms with van der Waals surface area (Å²) >= 11 is 0. The van der Waals surface area contributed by atoms with Crippen molar-refractivity contribution in [2.24, 2.45) is 0 Å². The average molecular weight is 284 g/mol. The normalized spacial score (nSPS) is 19.0. The lowest BCUT2D eigenvalue weighted by atomic mass is 10.2. The summed E-state index contributed by atoms with van der Waals surface area (Å²) in [5, 5.41) is 4.40. The van der Waals surface area contributed by atoms with Gasteiger partial charge in [0, 0.05) is 25.2 Å². The maximum atomic E-state index is 5.89. The molecule has 0 bridgehead atoms. The van der Waals surface area contributed by atoms with E-state index in [-0.39, 0.29) is 6.23 Å². The van der Waals surface area contributed by atoms with Gasteiger partial charge in [-0.05, 0) is 37.5 Å². The standard InChI is InChI=1S/C15H16N4O2/c1-2-10-20-14(3-1)19-11(6-7-18-19)12-4-5-13(21-12)15-16-8-9-17-15/h4-9,14H,1-3,10H2,(H,16,17). The molecule has 3 aromatic heterocycles. The van der Waals surface area contributed by atoms with Crippen LogP contribution in [0.4, 0.5) is 0 Å². The highest BCUT2D eigenvalue weighted by molar-refractivity contribution is 5.58. The molecule has 0 aromatic carbocycles. The molecule has 6 nitrogen and oxygen atoms in total. The zero-order valence-corrected chi connectivity index (χ0v) is 11.5. The largest absolute Gasteiger partial charge is 0.451 e. The summed E-state index contributed by atoms with van der Waals surface area (Å²) in [4.78, 5) is 7.24. The van der Waals surface area contributed by atoms with Crippen molar-refractivity contribution >= 4 is 0 Å². The van der Waals surface area contributed by atoms with Crippen molar-refractivity contribution in [2.75, 3.05) is 6.61 Å². The number of imidazole rings is 1. The molecule has 4 rings (SSSR count). The number of aromatic amines is 1. The Balaban J connectivity index is 1.66. The summed E-state index contributed by atoms with van der Waals surface area (Å²) in [6.45, 7) is 0.791. The molecule has 1 atom stereocenters. The Labute approximate surface area is 121 Å². The summed E-state index contributed by atoms with van der Waals surface area (Å²) in [5.74, 6) is 2.21. The maximum Gasteiger partial charge on any atom is 0.173 e. The number of furan rings is 1. The van der Waals surface area contributed by atoms with Crippen molar-refractivity contribution in [3.63, 3.8) is 0 Å². The number of hydrogen-bond acceptors (Lipinski definition) is 4. The van der Waals surface area contributed by atoms with Gasteiger partial charge in [-0.3, -0.25) is 0 Å². The highest BCUT2D eigenvalue weighted by Gasteiger charge is 2.21. The van der Waals surface area contributed by atoms with Crippen molar-refractivity contribution in [2.45, 2.75) is 25.5 Å². The van der Waals surface area contributed by atoms with E-state index < -0.39 is 0 Å². The van der Waals surface area contributed by atoms with E-state index in [9.17, 15) is 0 Å². The summed E-state index contributed by atoms with van der Waals surface area (Å²) < 4.78 is 13.6. The van der Waals surface area contributed by atoms with Crippen LogP contribution in [0, 0.1) is 0 Å². The van der Waals surface area contributed by atoms with Gasteiger partial charge in [-0.15, -0.1) is 0 Å². The first kappa shape index (κ1) is 12.4. The molecule has 3 aromatic rings. The first-order valence-corrected chi connectivity index (χ1v) is 7.17. The Bertz CT molecular complexity index is 708. The molecule has 0 amide bonds. The second kappa shape index (κ2) is 5.21. The highest BCUT2D eigenvalue weighted by Crippen LogP contribution is 2.31. The molecule has 1 aliphatic heterocycles. The van der Waals surface area contributed by atoms with Crippen molar-refractivity contribution in [3.05, 3.63) is 36.8 Å². The van der Waals surface area contributed by atoms with Gasteiger partial charge in [-0.2, -0.15) is 5.10 Å². The third-order valence-corrected chi connectivity index (χ3v) is 3.69. The van der Waals surface area contributed by atoms with Gasteiger partial charge in [0.25, 0.3) is 0 Å². The van der Waals surface area contributed by atoms with Crippen LogP contribution >= 0.6 is 0 Å². The average Bonchev–Trinajstić information content (AvgIpc) is 3.27. The lowest BCUT2D eigenvalue weighted by Crippen LogP contribution is -2.19. The van der Waals surface area contributed by atoms with Crippen molar-refractivity contribution in [3.8, 4) is 23.0 Å². The van der Waals surface area contributed by atoms with E-state index in [0.29, 0.717) is 5.76 Å². The van der Waals surface area contributed by atoms with E-state index in [1.807, 2.05) is 22.9 Å². The third kappa shape index (κ3) is 2.27. The fraction of sp³-hybridized carbons (Fsp3) is 0.333. The molecule has 1 unspecified atom stereocenters. The number of H-pyrrole nitrogens is 1.